The van der Waals surface area contributed by atoms with Gasteiger partial charge < -0.3 is 15.3 Å². The van der Waals surface area contributed by atoms with Crippen molar-refractivity contribution in [3.05, 3.63) is 0 Å². The highest BCUT2D eigenvalue weighted by Gasteiger charge is 2.25. The Morgan fingerprint density at radius 3 is 2.68 bits per heavy atom. The highest BCUT2D eigenvalue weighted by atomic mass is 16.3. The van der Waals surface area contributed by atoms with Gasteiger partial charge in [-0.25, -0.2) is 5.01 Å². The molecule has 1 aliphatic heterocycles. The van der Waals surface area contributed by atoms with E-state index in [9.17, 15) is 14.7 Å². The number of carbonyl (C=O) groups is 2. The maximum absolute atomic E-state index is 11.9. The minimum Gasteiger partial charge on any atom is -0.387 e. The van der Waals surface area contributed by atoms with Crippen molar-refractivity contribution in [1.29, 1.82) is 0 Å². The molecule has 108 valence electrons. The van der Waals surface area contributed by atoms with Gasteiger partial charge in [0.25, 0.3) is 5.91 Å². The summed E-state index contributed by atoms with van der Waals surface area (Å²) in [6, 6.07) is 0. The Bertz CT molecular complexity index is 390. The number of carbonyl (C=O) groups excluding carboxylic acids is 2. The standard InChI is InChI=1S/C12H22N4O3/c1-12(19,8-15(2)3)7-13-11(18)9-5-6-10(17)16(4)14-9/h19H,5-8H2,1-4H3,(H,13,18). The molecule has 2 amide bonds. The fraction of sp³-hybridized carbons (Fsp3) is 0.750. The van der Waals surface area contributed by atoms with Crippen molar-refractivity contribution in [2.24, 2.45) is 5.10 Å². The molecule has 0 spiro atoms. The largest absolute Gasteiger partial charge is 0.387 e. The maximum atomic E-state index is 11.9. The minimum atomic E-state index is -1.00. The number of amides is 2. The minimum absolute atomic E-state index is 0.101. The van der Waals surface area contributed by atoms with Crippen LogP contribution >= 0.6 is 0 Å². The molecule has 0 aromatic rings. The van der Waals surface area contributed by atoms with Gasteiger partial charge in [0.1, 0.15) is 5.71 Å². The van der Waals surface area contributed by atoms with Crippen molar-refractivity contribution in [3.8, 4) is 0 Å². The topological polar surface area (TPSA) is 85.2 Å². The average Bonchev–Trinajstić information content (AvgIpc) is 2.28. The van der Waals surface area contributed by atoms with E-state index in [1.165, 1.54) is 12.1 Å². The summed E-state index contributed by atoms with van der Waals surface area (Å²) >= 11 is 0. The monoisotopic (exact) mass is 270 g/mol. The number of nitrogens with one attached hydrogen (secondary N) is 1. The molecule has 0 radical (unpaired) electrons. The fourth-order valence-electron chi connectivity index (χ4n) is 1.94. The Kier molecular flexibility index (Phi) is 5.02. The average molecular weight is 270 g/mol. The van der Waals surface area contributed by atoms with Crippen molar-refractivity contribution in [2.45, 2.75) is 25.4 Å². The van der Waals surface area contributed by atoms with E-state index < -0.39 is 5.60 Å². The molecule has 0 saturated heterocycles. The van der Waals surface area contributed by atoms with Crippen LogP contribution in [0.5, 0.6) is 0 Å². The molecule has 7 heteroatoms. The third-order valence-corrected chi connectivity index (χ3v) is 2.76. The first-order valence-electron chi connectivity index (χ1n) is 6.20. The number of hydrogen-bond acceptors (Lipinski definition) is 5. The molecule has 0 aliphatic carbocycles. The van der Waals surface area contributed by atoms with Gasteiger partial charge in [0, 0.05) is 33.0 Å². The molecule has 0 saturated carbocycles. The quantitative estimate of drug-likeness (QED) is 0.672. The van der Waals surface area contributed by atoms with E-state index >= 15 is 0 Å². The van der Waals surface area contributed by atoms with Gasteiger partial charge >= 0.3 is 0 Å². The van der Waals surface area contributed by atoms with Gasteiger partial charge in [-0.1, -0.05) is 0 Å². The lowest BCUT2D eigenvalue weighted by atomic mass is 10.1. The Balaban J connectivity index is 2.52. The number of aliphatic hydroxyl groups is 1. The Hall–Kier alpha value is -1.47. The second-order valence-electron chi connectivity index (χ2n) is 5.38. The summed E-state index contributed by atoms with van der Waals surface area (Å²) in [5.41, 5.74) is -0.682. The van der Waals surface area contributed by atoms with Crippen LogP contribution in [0.3, 0.4) is 0 Å². The van der Waals surface area contributed by atoms with Crippen molar-refractivity contribution >= 4 is 17.5 Å². The van der Waals surface area contributed by atoms with E-state index in [1.54, 1.807) is 6.92 Å². The van der Waals surface area contributed by atoms with Crippen molar-refractivity contribution in [3.63, 3.8) is 0 Å². The summed E-state index contributed by atoms with van der Waals surface area (Å²) in [6.45, 7) is 2.24. The first-order chi connectivity index (χ1) is 8.71. The van der Waals surface area contributed by atoms with Crippen molar-refractivity contribution < 1.29 is 14.7 Å². The molecule has 0 aromatic heterocycles. The van der Waals surface area contributed by atoms with E-state index in [0.29, 0.717) is 18.7 Å². The molecule has 0 fully saturated rings. The lowest BCUT2D eigenvalue weighted by molar-refractivity contribution is -0.130. The summed E-state index contributed by atoms with van der Waals surface area (Å²) in [4.78, 5) is 25.0. The van der Waals surface area contributed by atoms with E-state index in [1.807, 2.05) is 19.0 Å². The molecule has 2 N–H and O–H groups in total. The first kappa shape index (κ1) is 15.6. The van der Waals surface area contributed by atoms with Crippen LogP contribution in [0, 0.1) is 0 Å². The maximum Gasteiger partial charge on any atom is 0.267 e. The number of hydrazone groups is 1. The molecule has 1 unspecified atom stereocenters. The molecule has 0 aromatic carbocycles. The molecule has 0 bridgehead atoms. The van der Waals surface area contributed by atoms with Gasteiger partial charge in [-0.3, -0.25) is 9.59 Å². The van der Waals surface area contributed by atoms with Crippen LogP contribution in [0.2, 0.25) is 0 Å². The van der Waals surface area contributed by atoms with E-state index in [4.69, 9.17) is 0 Å². The predicted molar refractivity (Wildman–Crippen MR) is 71.6 cm³/mol. The van der Waals surface area contributed by atoms with Crippen LogP contribution in [0.15, 0.2) is 5.10 Å². The summed E-state index contributed by atoms with van der Waals surface area (Å²) in [5.74, 6) is -0.436. The number of rotatable bonds is 5. The smallest absolute Gasteiger partial charge is 0.267 e. The molecule has 1 rings (SSSR count). The van der Waals surface area contributed by atoms with Gasteiger partial charge in [-0.15, -0.1) is 0 Å². The van der Waals surface area contributed by atoms with Crippen LogP contribution in [-0.2, 0) is 9.59 Å². The highest BCUT2D eigenvalue weighted by molar-refractivity contribution is 6.39. The molecule has 7 nitrogen and oxygen atoms in total. The first-order valence-corrected chi connectivity index (χ1v) is 6.20. The van der Waals surface area contributed by atoms with Crippen LogP contribution in [-0.4, -0.2) is 72.4 Å². The summed E-state index contributed by atoms with van der Waals surface area (Å²) in [7, 11) is 5.22. The lowest BCUT2D eigenvalue weighted by Crippen LogP contribution is -2.49. The summed E-state index contributed by atoms with van der Waals surface area (Å²) < 4.78 is 0. The third-order valence-electron chi connectivity index (χ3n) is 2.76. The van der Waals surface area contributed by atoms with Crippen LogP contribution < -0.4 is 5.32 Å². The number of likely N-dealkylation sites (N-methyl/N-ethyl adjacent to an activating group) is 1. The van der Waals surface area contributed by atoms with Gasteiger partial charge in [-0.2, -0.15) is 5.10 Å². The van der Waals surface area contributed by atoms with Crippen LogP contribution in [0.25, 0.3) is 0 Å². The molecule has 1 heterocycles. The zero-order chi connectivity index (χ0) is 14.6. The second-order valence-corrected chi connectivity index (χ2v) is 5.38. The molecule has 1 aliphatic rings. The lowest BCUT2D eigenvalue weighted by Gasteiger charge is -2.27. The van der Waals surface area contributed by atoms with Gasteiger partial charge in [0.05, 0.1) is 5.60 Å². The van der Waals surface area contributed by atoms with Gasteiger partial charge in [-0.05, 0) is 21.0 Å². The third kappa shape index (κ3) is 4.96. The molecular weight excluding hydrogens is 248 g/mol. The normalized spacial score (nSPS) is 19.2. The van der Waals surface area contributed by atoms with Crippen LogP contribution in [0.4, 0.5) is 0 Å². The summed E-state index contributed by atoms with van der Waals surface area (Å²) in [5, 5.41) is 17.8. The van der Waals surface area contributed by atoms with Crippen LogP contribution in [0.1, 0.15) is 19.8 Å². The molecule has 19 heavy (non-hydrogen) atoms. The fourth-order valence-corrected chi connectivity index (χ4v) is 1.94. The van der Waals surface area contributed by atoms with Gasteiger partial charge in [0.2, 0.25) is 5.91 Å². The van der Waals surface area contributed by atoms with E-state index in [-0.39, 0.29) is 24.8 Å². The highest BCUT2D eigenvalue weighted by Crippen LogP contribution is 2.08. The Morgan fingerprint density at radius 2 is 2.16 bits per heavy atom. The SMILES string of the molecule is CN(C)CC(C)(O)CNC(=O)C1=NN(C)C(=O)CC1. The zero-order valence-corrected chi connectivity index (χ0v) is 11.9. The van der Waals surface area contributed by atoms with Crippen molar-refractivity contribution in [1.82, 2.24) is 15.2 Å². The number of nitrogens with zero attached hydrogens (tertiary/aromatic N) is 3. The van der Waals surface area contributed by atoms with Gasteiger partial charge in [0.15, 0.2) is 0 Å². The van der Waals surface area contributed by atoms with E-state index in [2.05, 4.69) is 10.4 Å². The zero-order valence-electron chi connectivity index (χ0n) is 11.9. The second kappa shape index (κ2) is 6.12. The molecular formula is C12H22N4O3. The predicted octanol–water partition coefficient (Wildman–Crippen LogP) is -0.977. The van der Waals surface area contributed by atoms with E-state index in [0.717, 1.165) is 0 Å². The van der Waals surface area contributed by atoms with Crippen molar-refractivity contribution in [2.75, 3.05) is 34.2 Å². The molecule has 1 atom stereocenters. The summed E-state index contributed by atoms with van der Waals surface area (Å²) in [6.07, 6.45) is 0.627. The number of hydrogen-bond donors (Lipinski definition) is 2. The Morgan fingerprint density at radius 1 is 1.53 bits per heavy atom. The Labute approximate surface area is 113 Å².